The second-order valence-corrected chi connectivity index (χ2v) is 2.47. The van der Waals surface area contributed by atoms with Gasteiger partial charge in [0.05, 0.1) is 2.74 Å². The van der Waals surface area contributed by atoms with Crippen LogP contribution in [0.5, 0.6) is 5.75 Å². The Kier molecular flexibility index (Phi) is 1.11. The maximum atomic E-state index is 9.32. The van der Waals surface area contributed by atoms with Crippen molar-refractivity contribution >= 4 is 0 Å². The molecule has 0 heterocycles. The molecule has 1 nitrogen and oxygen atoms in total. The number of hydrogen-bond donors (Lipinski definition) is 1. The smallest absolute Gasteiger partial charge is 0.116 e. The zero-order chi connectivity index (χ0) is 9.46. The van der Waals surface area contributed by atoms with Crippen LogP contribution in [0.4, 0.5) is 0 Å². The van der Waals surface area contributed by atoms with Crippen molar-refractivity contribution in [1.29, 1.82) is 0 Å². The van der Waals surface area contributed by atoms with E-state index in [0.717, 1.165) is 16.7 Å². The first kappa shape index (κ1) is 4.78. The average Bonchev–Trinajstić information content (AvgIpc) is 2.08. The molecule has 0 atom stereocenters. The van der Waals surface area contributed by atoms with E-state index in [9.17, 15) is 5.11 Å². The normalized spacial score (nSPS) is 12.7. The molecule has 0 aliphatic carbocycles. The lowest BCUT2D eigenvalue weighted by Crippen LogP contribution is -1.84. The summed E-state index contributed by atoms with van der Waals surface area (Å²) in [5.41, 5.74) is 2.42. The summed E-state index contributed by atoms with van der Waals surface area (Å²) in [4.78, 5) is 0. The van der Waals surface area contributed by atoms with Crippen LogP contribution < -0.4 is 0 Å². The molecule has 0 bridgehead atoms. The highest BCUT2D eigenvalue weighted by molar-refractivity contribution is 5.39. The maximum absolute atomic E-state index is 9.32. The Morgan fingerprint density at radius 1 is 1.20 bits per heavy atom. The van der Waals surface area contributed by atoms with E-state index in [1.165, 1.54) is 0 Å². The maximum Gasteiger partial charge on any atom is 0.116 e. The molecule has 0 aliphatic heterocycles. The zero-order valence-corrected chi connectivity index (χ0v) is 6.45. The molecule has 54 valence electrons. The van der Waals surface area contributed by atoms with Gasteiger partial charge in [0.2, 0.25) is 0 Å². The topological polar surface area (TPSA) is 20.2 Å². The lowest BCUT2D eigenvalue weighted by atomic mass is 10.0. The minimum atomic E-state index is -0.212. The van der Waals surface area contributed by atoms with Crippen molar-refractivity contribution in [3.63, 3.8) is 0 Å². The summed E-state index contributed by atoms with van der Waals surface area (Å²) in [7, 11) is 0. The third-order valence-electron chi connectivity index (χ3n) is 1.74. The molecule has 10 heavy (non-hydrogen) atoms. The molecule has 0 aliphatic rings. The molecular formula is C9H12O. The van der Waals surface area contributed by atoms with Gasteiger partial charge in [-0.15, -0.1) is 0 Å². The van der Waals surface area contributed by atoms with Crippen LogP contribution in [0.1, 0.15) is 19.4 Å². The van der Waals surface area contributed by atoms with Gasteiger partial charge < -0.3 is 5.11 Å². The van der Waals surface area contributed by atoms with Crippen molar-refractivity contribution in [3.8, 4) is 5.75 Å². The molecule has 0 spiro atoms. The Morgan fingerprint density at radius 2 is 1.60 bits per heavy atom. The van der Waals surface area contributed by atoms with Crippen molar-refractivity contribution < 1.29 is 7.85 Å². The van der Waals surface area contributed by atoms with Gasteiger partial charge in [-0.05, 0) is 49.5 Å². The van der Waals surface area contributed by atoms with Gasteiger partial charge in [0.1, 0.15) is 5.75 Å². The van der Waals surface area contributed by atoms with Crippen LogP contribution in [0.25, 0.3) is 0 Å². The standard InChI is InChI=1S/C9H12O/c1-6-4-9(10)5-7(2)8(6)3/h4-5,10H,1-3H3/i4D,5D. The van der Waals surface area contributed by atoms with Gasteiger partial charge >= 0.3 is 0 Å². The fourth-order valence-electron chi connectivity index (χ4n) is 0.855. The number of phenolic OH excluding ortho intramolecular Hbond substituents is 1. The molecular weight excluding hydrogens is 124 g/mol. The van der Waals surface area contributed by atoms with E-state index in [1.807, 2.05) is 6.92 Å². The largest absolute Gasteiger partial charge is 0.508 e. The Hall–Kier alpha value is -0.980. The molecule has 0 aromatic heterocycles. The fraction of sp³-hybridized carbons (Fsp3) is 0.333. The van der Waals surface area contributed by atoms with Gasteiger partial charge in [-0.1, -0.05) is 0 Å². The Balaban J connectivity index is 3.60. The highest BCUT2D eigenvalue weighted by Crippen LogP contribution is 2.18. The Bertz CT molecular complexity index is 227. The predicted molar refractivity (Wildman–Crippen MR) is 42.3 cm³/mol. The van der Waals surface area contributed by atoms with E-state index in [2.05, 4.69) is 0 Å². The van der Waals surface area contributed by atoms with Crippen LogP contribution in [0, 0.1) is 20.8 Å². The quantitative estimate of drug-likeness (QED) is 0.583. The highest BCUT2D eigenvalue weighted by Gasteiger charge is 1.97. The van der Waals surface area contributed by atoms with Crippen molar-refractivity contribution in [2.24, 2.45) is 0 Å². The lowest BCUT2D eigenvalue weighted by molar-refractivity contribution is 0.474. The summed E-state index contributed by atoms with van der Waals surface area (Å²) in [5.74, 6) is -0.212. The van der Waals surface area contributed by atoms with Gasteiger partial charge in [0.15, 0.2) is 0 Å². The zero-order valence-electron chi connectivity index (χ0n) is 8.45. The Labute approximate surface area is 64.1 Å². The van der Waals surface area contributed by atoms with Crippen LogP contribution in [0.3, 0.4) is 0 Å². The lowest BCUT2D eigenvalue weighted by Gasteiger charge is -2.03. The van der Waals surface area contributed by atoms with Gasteiger partial charge in [-0.25, -0.2) is 0 Å². The summed E-state index contributed by atoms with van der Waals surface area (Å²) in [6.45, 7) is 5.42. The molecule has 0 unspecified atom stereocenters. The first-order valence-corrected chi connectivity index (χ1v) is 3.22. The van der Waals surface area contributed by atoms with E-state index in [0.29, 0.717) is 0 Å². The van der Waals surface area contributed by atoms with E-state index < -0.39 is 0 Å². The third kappa shape index (κ3) is 1.13. The van der Waals surface area contributed by atoms with Gasteiger partial charge in [0.25, 0.3) is 0 Å². The number of hydrogen-bond acceptors (Lipinski definition) is 1. The van der Waals surface area contributed by atoms with Crippen molar-refractivity contribution in [2.45, 2.75) is 20.8 Å². The molecule has 0 saturated carbocycles. The molecule has 1 N–H and O–H groups in total. The molecule has 0 fully saturated rings. The minimum Gasteiger partial charge on any atom is -0.508 e. The van der Waals surface area contributed by atoms with Crippen LogP contribution in [0.15, 0.2) is 12.1 Å². The van der Waals surface area contributed by atoms with Crippen LogP contribution in [-0.2, 0) is 0 Å². The Morgan fingerprint density at radius 3 is 2.00 bits per heavy atom. The average molecular weight is 138 g/mol. The second kappa shape index (κ2) is 2.33. The van der Waals surface area contributed by atoms with E-state index in [4.69, 9.17) is 2.74 Å². The number of aromatic hydroxyl groups is 1. The second-order valence-electron chi connectivity index (χ2n) is 2.47. The van der Waals surface area contributed by atoms with E-state index in [-0.39, 0.29) is 17.8 Å². The van der Waals surface area contributed by atoms with E-state index in [1.54, 1.807) is 13.8 Å². The summed E-state index contributed by atoms with van der Waals surface area (Å²) in [5, 5.41) is 9.32. The molecule has 1 heteroatoms. The number of benzene rings is 1. The van der Waals surface area contributed by atoms with Gasteiger partial charge in [-0.3, -0.25) is 0 Å². The van der Waals surface area contributed by atoms with E-state index >= 15 is 0 Å². The summed E-state index contributed by atoms with van der Waals surface area (Å²) in [6.07, 6.45) is 0. The SMILES string of the molecule is [2H]c1c(C)c(C)c(C)c([2H])c1O. The molecule has 1 aromatic rings. The summed E-state index contributed by atoms with van der Waals surface area (Å²) in [6, 6.07) is 0.145. The molecule has 1 rings (SSSR count). The van der Waals surface area contributed by atoms with Crippen LogP contribution in [0.2, 0.25) is 0 Å². The third-order valence-corrected chi connectivity index (χ3v) is 1.74. The molecule has 1 aromatic carbocycles. The summed E-state index contributed by atoms with van der Waals surface area (Å²) >= 11 is 0. The number of phenols is 1. The molecule has 0 amide bonds. The van der Waals surface area contributed by atoms with Crippen molar-refractivity contribution in [3.05, 3.63) is 28.8 Å². The van der Waals surface area contributed by atoms with Crippen molar-refractivity contribution in [1.82, 2.24) is 0 Å². The molecule has 0 radical (unpaired) electrons. The minimum absolute atomic E-state index is 0.0723. The fourth-order valence-corrected chi connectivity index (χ4v) is 0.855. The van der Waals surface area contributed by atoms with Crippen LogP contribution in [-0.4, -0.2) is 5.11 Å². The molecule has 0 saturated heterocycles. The monoisotopic (exact) mass is 138 g/mol. The predicted octanol–water partition coefficient (Wildman–Crippen LogP) is 2.32. The highest BCUT2D eigenvalue weighted by atomic mass is 16.3. The first-order valence-electron chi connectivity index (χ1n) is 4.22. The first-order chi connectivity index (χ1) is 5.46. The van der Waals surface area contributed by atoms with Crippen molar-refractivity contribution in [2.75, 3.05) is 0 Å². The van der Waals surface area contributed by atoms with Gasteiger partial charge in [-0.2, -0.15) is 0 Å². The number of rotatable bonds is 0. The summed E-state index contributed by atoms with van der Waals surface area (Å²) < 4.78 is 14.9. The van der Waals surface area contributed by atoms with Crippen LogP contribution >= 0.6 is 0 Å². The van der Waals surface area contributed by atoms with Gasteiger partial charge in [0, 0.05) is 0 Å².